The van der Waals surface area contributed by atoms with E-state index in [1.54, 1.807) is 22.7 Å². The molecule has 2 aliphatic heterocycles. The molecule has 2 aromatic rings. The normalized spacial score (nSPS) is 22.1. The Balaban J connectivity index is 1.26. The molecule has 2 fully saturated rings. The highest BCUT2D eigenvalue weighted by Crippen LogP contribution is 2.36. The van der Waals surface area contributed by atoms with Gasteiger partial charge in [-0.2, -0.15) is 11.3 Å². The average molecular weight is 379 g/mol. The van der Waals surface area contributed by atoms with E-state index in [2.05, 4.69) is 10.4 Å². The number of hydrogen-bond acceptors (Lipinski definition) is 6. The minimum atomic E-state index is -0.203. The number of carbonyl (C=O) groups excluding carboxylic acids is 1. The number of nitrogens with zero attached hydrogens (tertiary/aromatic N) is 2. The quantitative estimate of drug-likeness (QED) is 0.802. The number of hydrogen-bond donors (Lipinski definition) is 0. The first-order valence-corrected chi connectivity index (χ1v) is 10.4. The Morgan fingerprint density at radius 2 is 2.36 bits per heavy atom. The van der Waals surface area contributed by atoms with Crippen molar-refractivity contribution >= 4 is 28.6 Å². The Hall–Kier alpha value is -1.28. The van der Waals surface area contributed by atoms with E-state index in [0.29, 0.717) is 32.7 Å². The zero-order valence-electron chi connectivity index (χ0n) is 14.3. The van der Waals surface area contributed by atoms with E-state index in [0.717, 1.165) is 29.1 Å². The van der Waals surface area contributed by atoms with Crippen molar-refractivity contribution in [3.8, 4) is 0 Å². The molecule has 1 spiro atoms. The number of amides is 1. The molecule has 4 rings (SSSR count). The number of thiophene rings is 1. The van der Waals surface area contributed by atoms with Crippen molar-refractivity contribution in [1.29, 1.82) is 0 Å². The van der Waals surface area contributed by atoms with Crippen LogP contribution < -0.4 is 0 Å². The fourth-order valence-corrected chi connectivity index (χ4v) is 4.79. The number of rotatable bonds is 5. The molecule has 0 bridgehead atoms. The van der Waals surface area contributed by atoms with Crippen LogP contribution in [0.2, 0.25) is 0 Å². The summed E-state index contributed by atoms with van der Waals surface area (Å²) in [5.74, 6) is 0.189. The summed E-state index contributed by atoms with van der Waals surface area (Å²) in [6.07, 6.45) is 2.44. The van der Waals surface area contributed by atoms with Crippen LogP contribution in [0.1, 0.15) is 29.1 Å². The third-order valence-electron chi connectivity index (χ3n) is 4.83. The first kappa shape index (κ1) is 17.1. The number of aryl methyl sites for hydroxylation is 1. The molecule has 2 saturated heterocycles. The largest absolute Gasteiger partial charge is 0.372 e. The van der Waals surface area contributed by atoms with E-state index in [1.807, 2.05) is 28.7 Å². The van der Waals surface area contributed by atoms with Crippen molar-refractivity contribution in [3.05, 3.63) is 38.5 Å². The molecule has 1 atom stereocenters. The van der Waals surface area contributed by atoms with E-state index in [4.69, 9.17) is 9.47 Å². The Bertz CT molecular complexity index is 723. The van der Waals surface area contributed by atoms with Crippen molar-refractivity contribution in [2.45, 2.75) is 44.5 Å². The van der Waals surface area contributed by atoms with Crippen LogP contribution in [-0.4, -0.2) is 47.2 Å². The lowest BCUT2D eigenvalue weighted by Crippen LogP contribution is -2.67. The monoisotopic (exact) mass is 378 g/mol. The number of ether oxygens (including phenoxy) is 2. The van der Waals surface area contributed by atoms with Crippen molar-refractivity contribution < 1.29 is 14.3 Å². The van der Waals surface area contributed by atoms with Crippen LogP contribution >= 0.6 is 22.7 Å². The summed E-state index contributed by atoms with van der Waals surface area (Å²) in [5.41, 5.74) is 1.90. The first-order chi connectivity index (χ1) is 12.1. The van der Waals surface area contributed by atoms with Crippen LogP contribution in [-0.2, 0) is 27.3 Å². The maximum absolute atomic E-state index is 12.3. The molecule has 5 nitrogen and oxygen atoms in total. The molecule has 0 aromatic carbocycles. The van der Waals surface area contributed by atoms with Crippen LogP contribution in [0, 0.1) is 6.92 Å². The zero-order chi connectivity index (χ0) is 17.3. The second-order valence-electron chi connectivity index (χ2n) is 6.87. The highest BCUT2D eigenvalue weighted by atomic mass is 32.1. The highest BCUT2D eigenvalue weighted by molar-refractivity contribution is 7.09. The van der Waals surface area contributed by atoms with Gasteiger partial charge in [0.15, 0.2) is 0 Å². The highest BCUT2D eigenvalue weighted by Gasteiger charge is 2.49. The van der Waals surface area contributed by atoms with E-state index in [1.165, 1.54) is 0 Å². The van der Waals surface area contributed by atoms with E-state index >= 15 is 0 Å². The second kappa shape index (κ2) is 7.15. The molecular formula is C18H22N2O3S2. The third kappa shape index (κ3) is 3.95. The molecule has 2 aromatic heterocycles. The van der Waals surface area contributed by atoms with Crippen LogP contribution in [0.15, 0.2) is 22.2 Å². The summed E-state index contributed by atoms with van der Waals surface area (Å²) < 4.78 is 12.1. The topological polar surface area (TPSA) is 51.7 Å². The van der Waals surface area contributed by atoms with Crippen LogP contribution in [0.25, 0.3) is 0 Å². The minimum absolute atomic E-state index is 0.185. The summed E-state index contributed by atoms with van der Waals surface area (Å²) in [7, 11) is 0. The molecular weight excluding hydrogens is 356 g/mol. The fourth-order valence-electron chi connectivity index (χ4n) is 3.53. The summed E-state index contributed by atoms with van der Waals surface area (Å²) in [6, 6.07) is 2.01. The van der Waals surface area contributed by atoms with Crippen molar-refractivity contribution in [2.24, 2.45) is 0 Å². The number of carbonyl (C=O) groups is 1. The van der Waals surface area contributed by atoms with Gasteiger partial charge in [-0.1, -0.05) is 0 Å². The van der Waals surface area contributed by atoms with Crippen molar-refractivity contribution in [2.75, 3.05) is 19.7 Å². The van der Waals surface area contributed by atoms with Crippen LogP contribution in [0.4, 0.5) is 0 Å². The van der Waals surface area contributed by atoms with Crippen LogP contribution in [0.5, 0.6) is 0 Å². The number of likely N-dealkylation sites (tertiary alicyclic amines) is 1. The van der Waals surface area contributed by atoms with Gasteiger partial charge in [0.2, 0.25) is 5.91 Å². The molecule has 1 amide bonds. The van der Waals surface area contributed by atoms with Gasteiger partial charge in [0.05, 0.1) is 42.9 Å². The Morgan fingerprint density at radius 1 is 1.48 bits per heavy atom. The third-order valence-corrected chi connectivity index (χ3v) is 6.38. The van der Waals surface area contributed by atoms with Gasteiger partial charge in [0.1, 0.15) is 5.60 Å². The lowest BCUT2D eigenvalue weighted by molar-refractivity contribution is -0.202. The average Bonchev–Trinajstić information content (AvgIpc) is 3.22. The molecule has 0 saturated carbocycles. The summed E-state index contributed by atoms with van der Waals surface area (Å²) in [5, 5.41) is 7.17. The van der Waals surface area contributed by atoms with Gasteiger partial charge in [-0.05, 0) is 35.7 Å². The van der Waals surface area contributed by atoms with Gasteiger partial charge < -0.3 is 14.4 Å². The van der Waals surface area contributed by atoms with Crippen LogP contribution in [0.3, 0.4) is 0 Å². The number of thiazole rings is 1. The summed E-state index contributed by atoms with van der Waals surface area (Å²) in [6.45, 7) is 4.64. The minimum Gasteiger partial charge on any atom is -0.372 e. The van der Waals surface area contributed by atoms with Crippen molar-refractivity contribution in [3.63, 3.8) is 0 Å². The second-order valence-corrected chi connectivity index (χ2v) is 8.72. The molecule has 2 aliphatic rings. The number of aromatic nitrogens is 1. The maximum atomic E-state index is 12.3. The fraction of sp³-hybridized carbons (Fsp3) is 0.556. The van der Waals surface area contributed by atoms with Crippen molar-refractivity contribution in [1.82, 2.24) is 9.88 Å². The first-order valence-electron chi connectivity index (χ1n) is 8.57. The zero-order valence-corrected chi connectivity index (χ0v) is 15.9. The molecule has 1 unspecified atom stereocenters. The lowest BCUT2D eigenvalue weighted by atomic mass is 9.84. The van der Waals surface area contributed by atoms with Gasteiger partial charge >= 0.3 is 0 Å². The molecule has 4 heterocycles. The van der Waals surface area contributed by atoms with Gasteiger partial charge in [0.25, 0.3) is 0 Å². The molecule has 0 aliphatic carbocycles. The molecule has 25 heavy (non-hydrogen) atoms. The lowest BCUT2D eigenvalue weighted by Gasteiger charge is -2.53. The standard InChI is InChI=1S/C18H22N2O3S2/c1-13-19-15(10-25-13)8-22-16-2-4-23-18(7-16)11-20(12-18)17(21)6-14-3-5-24-9-14/h3,5,9-10,16H,2,4,6-8,11-12H2,1H3. The maximum Gasteiger partial charge on any atom is 0.227 e. The summed E-state index contributed by atoms with van der Waals surface area (Å²) >= 11 is 3.28. The Kier molecular flexibility index (Phi) is 4.90. The predicted octanol–water partition coefficient (Wildman–Crippen LogP) is 3.03. The molecule has 0 N–H and O–H groups in total. The van der Waals surface area contributed by atoms with Gasteiger partial charge in [-0.3, -0.25) is 4.79 Å². The van der Waals surface area contributed by atoms with Gasteiger partial charge in [0, 0.05) is 18.4 Å². The predicted molar refractivity (Wildman–Crippen MR) is 97.9 cm³/mol. The van der Waals surface area contributed by atoms with E-state index in [-0.39, 0.29) is 17.6 Å². The molecule has 134 valence electrons. The van der Waals surface area contributed by atoms with E-state index in [9.17, 15) is 4.79 Å². The molecule has 0 radical (unpaired) electrons. The summed E-state index contributed by atoms with van der Waals surface area (Å²) in [4.78, 5) is 18.7. The van der Waals surface area contributed by atoms with E-state index < -0.39 is 0 Å². The Morgan fingerprint density at radius 3 is 3.08 bits per heavy atom. The Labute approximate surface area is 155 Å². The SMILES string of the molecule is Cc1nc(COC2CCOC3(C2)CN(C(=O)Cc2ccsc2)C3)cs1. The van der Waals surface area contributed by atoms with Gasteiger partial charge in [-0.15, -0.1) is 11.3 Å². The molecule has 7 heteroatoms. The smallest absolute Gasteiger partial charge is 0.227 e. The van der Waals surface area contributed by atoms with Gasteiger partial charge in [-0.25, -0.2) is 4.98 Å².